The van der Waals surface area contributed by atoms with Crippen LogP contribution in [0.15, 0.2) is 21.4 Å². The van der Waals surface area contributed by atoms with Crippen LogP contribution in [0, 0.1) is 6.92 Å². The maximum absolute atomic E-state index is 12.7. The average Bonchev–Trinajstić information content (AvgIpc) is 2.39. The lowest BCUT2D eigenvalue weighted by Crippen LogP contribution is -2.45. The molecule has 1 saturated heterocycles. The molecular formula is C14H12BrN3O4. The number of aromatic hydroxyl groups is 1. The molecule has 0 aliphatic carbocycles. The van der Waals surface area contributed by atoms with E-state index in [0.717, 1.165) is 0 Å². The van der Waals surface area contributed by atoms with Gasteiger partial charge in [-0.1, -0.05) is 15.9 Å². The molecule has 0 saturated carbocycles. The first kappa shape index (κ1) is 14.7. The van der Waals surface area contributed by atoms with Gasteiger partial charge in [0.2, 0.25) is 11.8 Å². The standard InChI is InChI=1S/C14H12BrN3O4/c1-6-16-8-4-7(15)5-10(19)12(8)14(22)18(6)9-2-3-11(20)17-13(9)21/h4-5,9,19H,2-3H2,1H3,(H,17,20,21). The second kappa shape index (κ2) is 5.20. The van der Waals surface area contributed by atoms with E-state index in [-0.39, 0.29) is 29.9 Å². The third-order valence-corrected chi connectivity index (χ3v) is 4.10. The molecule has 2 N–H and O–H groups in total. The normalized spacial score (nSPS) is 18.5. The molecular weight excluding hydrogens is 354 g/mol. The highest BCUT2D eigenvalue weighted by Gasteiger charge is 2.30. The third kappa shape index (κ3) is 2.29. The van der Waals surface area contributed by atoms with Gasteiger partial charge in [-0.2, -0.15) is 0 Å². The van der Waals surface area contributed by atoms with Crippen molar-refractivity contribution in [3.05, 3.63) is 32.8 Å². The highest BCUT2D eigenvalue weighted by atomic mass is 79.9. The summed E-state index contributed by atoms with van der Waals surface area (Å²) in [6.07, 6.45) is 0.391. The predicted octanol–water partition coefficient (Wildman–Crippen LogP) is 1.15. The minimum absolute atomic E-state index is 0.0542. The van der Waals surface area contributed by atoms with Gasteiger partial charge in [0.15, 0.2) is 0 Å². The summed E-state index contributed by atoms with van der Waals surface area (Å²) in [6.45, 7) is 1.61. The fourth-order valence-electron chi connectivity index (χ4n) is 2.68. The number of halogens is 1. The van der Waals surface area contributed by atoms with Crippen LogP contribution in [0.2, 0.25) is 0 Å². The van der Waals surface area contributed by atoms with E-state index in [1.807, 2.05) is 0 Å². The van der Waals surface area contributed by atoms with Gasteiger partial charge in [-0.25, -0.2) is 4.98 Å². The molecule has 7 nitrogen and oxygen atoms in total. The number of nitrogens with one attached hydrogen (secondary N) is 1. The van der Waals surface area contributed by atoms with Crippen LogP contribution in [-0.2, 0) is 9.59 Å². The van der Waals surface area contributed by atoms with E-state index in [1.54, 1.807) is 13.0 Å². The van der Waals surface area contributed by atoms with Crippen LogP contribution in [-0.4, -0.2) is 26.5 Å². The van der Waals surface area contributed by atoms with E-state index in [2.05, 4.69) is 26.2 Å². The number of phenolic OH excluding ortho intramolecular Hbond substituents is 1. The second-order valence-electron chi connectivity index (χ2n) is 5.12. The average molecular weight is 366 g/mol. The van der Waals surface area contributed by atoms with E-state index >= 15 is 0 Å². The Morgan fingerprint density at radius 2 is 2.09 bits per heavy atom. The van der Waals surface area contributed by atoms with Crippen molar-refractivity contribution < 1.29 is 14.7 Å². The molecule has 0 spiro atoms. The van der Waals surface area contributed by atoms with E-state index < -0.39 is 17.5 Å². The number of benzene rings is 1. The molecule has 8 heteroatoms. The van der Waals surface area contributed by atoms with Gasteiger partial charge in [0.25, 0.3) is 5.56 Å². The Morgan fingerprint density at radius 1 is 1.36 bits per heavy atom. The summed E-state index contributed by atoms with van der Waals surface area (Å²) in [5.74, 6) is -0.737. The number of hydrogen-bond acceptors (Lipinski definition) is 5. The number of aryl methyl sites for hydroxylation is 1. The van der Waals surface area contributed by atoms with Gasteiger partial charge in [0.05, 0.1) is 5.52 Å². The minimum Gasteiger partial charge on any atom is -0.507 e. The van der Waals surface area contributed by atoms with Crippen molar-refractivity contribution in [1.82, 2.24) is 14.9 Å². The number of carbonyl (C=O) groups is 2. The monoisotopic (exact) mass is 365 g/mol. The van der Waals surface area contributed by atoms with Gasteiger partial charge in [0.1, 0.15) is 23.0 Å². The largest absolute Gasteiger partial charge is 0.507 e. The smallest absolute Gasteiger partial charge is 0.265 e. The number of carbonyl (C=O) groups excluding carboxylic acids is 2. The Hall–Kier alpha value is -2.22. The number of fused-ring (bicyclic) bond motifs is 1. The van der Waals surface area contributed by atoms with Crippen LogP contribution in [0.25, 0.3) is 10.9 Å². The number of phenols is 1. The molecule has 1 aromatic heterocycles. The Morgan fingerprint density at radius 3 is 2.77 bits per heavy atom. The summed E-state index contributed by atoms with van der Waals surface area (Å²) in [6, 6.07) is 2.22. The van der Waals surface area contributed by atoms with Crippen LogP contribution < -0.4 is 10.9 Å². The van der Waals surface area contributed by atoms with Gasteiger partial charge < -0.3 is 5.11 Å². The first-order chi connectivity index (χ1) is 10.4. The Balaban J connectivity index is 2.25. The molecule has 1 atom stereocenters. The number of piperidine rings is 1. The second-order valence-corrected chi connectivity index (χ2v) is 6.04. The van der Waals surface area contributed by atoms with Crippen molar-refractivity contribution in [3.63, 3.8) is 0 Å². The molecule has 0 radical (unpaired) electrons. The number of nitrogens with zero attached hydrogens (tertiary/aromatic N) is 2. The predicted molar refractivity (Wildman–Crippen MR) is 81.5 cm³/mol. The first-order valence-corrected chi connectivity index (χ1v) is 7.43. The summed E-state index contributed by atoms with van der Waals surface area (Å²) >= 11 is 3.23. The number of rotatable bonds is 1. The fourth-order valence-corrected chi connectivity index (χ4v) is 3.11. The number of amides is 2. The van der Waals surface area contributed by atoms with Crippen LogP contribution in [0.5, 0.6) is 5.75 Å². The van der Waals surface area contributed by atoms with Crippen LogP contribution in [0.4, 0.5) is 0 Å². The van der Waals surface area contributed by atoms with Crippen LogP contribution in [0.3, 0.4) is 0 Å². The number of hydrogen-bond donors (Lipinski definition) is 2. The third-order valence-electron chi connectivity index (χ3n) is 3.65. The van der Waals surface area contributed by atoms with E-state index in [0.29, 0.717) is 15.8 Å². The van der Waals surface area contributed by atoms with E-state index in [1.165, 1.54) is 10.6 Å². The summed E-state index contributed by atoms with van der Waals surface area (Å²) in [5, 5.41) is 12.3. The van der Waals surface area contributed by atoms with Gasteiger partial charge >= 0.3 is 0 Å². The van der Waals surface area contributed by atoms with Gasteiger partial charge in [0, 0.05) is 10.9 Å². The lowest BCUT2D eigenvalue weighted by atomic mass is 10.1. The molecule has 1 aliphatic heterocycles. The van der Waals surface area contributed by atoms with Crippen LogP contribution in [0.1, 0.15) is 24.7 Å². The van der Waals surface area contributed by atoms with Crippen molar-refractivity contribution >= 4 is 38.6 Å². The summed E-state index contributed by atoms with van der Waals surface area (Å²) in [4.78, 5) is 40.2. The van der Waals surface area contributed by atoms with Crippen molar-refractivity contribution in [2.75, 3.05) is 0 Å². The Kier molecular flexibility index (Phi) is 3.48. The maximum Gasteiger partial charge on any atom is 0.265 e. The Bertz CT molecular complexity index is 874. The van der Waals surface area contributed by atoms with Crippen LogP contribution >= 0.6 is 15.9 Å². The Labute approximate surface area is 133 Å². The molecule has 0 bridgehead atoms. The summed E-state index contributed by atoms with van der Waals surface area (Å²) in [7, 11) is 0. The molecule has 3 rings (SSSR count). The van der Waals surface area contributed by atoms with Crippen molar-refractivity contribution in [1.29, 1.82) is 0 Å². The maximum atomic E-state index is 12.7. The zero-order chi connectivity index (χ0) is 16.0. The highest BCUT2D eigenvalue weighted by Crippen LogP contribution is 2.27. The molecule has 1 aliphatic rings. The summed E-state index contributed by atoms with van der Waals surface area (Å²) < 4.78 is 1.83. The molecule has 114 valence electrons. The quantitative estimate of drug-likeness (QED) is 0.738. The zero-order valence-electron chi connectivity index (χ0n) is 11.6. The van der Waals surface area contributed by atoms with Crippen molar-refractivity contribution in [2.24, 2.45) is 0 Å². The molecule has 1 fully saturated rings. The first-order valence-electron chi connectivity index (χ1n) is 6.63. The van der Waals surface area contributed by atoms with Gasteiger partial charge in [-0.05, 0) is 25.5 Å². The highest BCUT2D eigenvalue weighted by molar-refractivity contribution is 9.10. The number of imide groups is 1. The van der Waals surface area contributed by atoms with Crippen molar-refractivity contribution in [3.8, 4) is 5.75 Å². The lowest BCUT2D eigenvalue weighted by Gasteiger charge is -2.24. The summed E-state index contributed by atoms with van der Waals surface area (Å²) in [5.41, 5.74) is -0.153. The fraction of sp³-hybridized carbons (Fsp3) is 0.286. The lowest BCUT2D eigenvalue weighted by molar-refractivity contribution is -0.135. The molecule has 1 aromatic carbocycles. The molecule has 1 unspecified atom stereocenters. The number of aromatic nitrogens is 2. The molecule has 2 aromatic rings. The van der Waals surface area contributed by atoms with Gasteiger partial charge in [-0.15, -0.1) is 0 Å². The SMILES string of the molecule is Cc1nc2cc(Br)cc(O)c2c(=O)n1C1CCC(=O)NC1=O. The minimum atomic E-state index is -0.801. The topological polar surface area (TPSA) is 101 Å². The van der Waals surface area contributed by atoms with E-state index in [9.17, 15) is 19.5 Å². The molecule has 2 amide bonds. The molecule has 22 heavy (non-hydrogen) atoms. The van der Waals surface area contributed by atoms with Gasteiger partial charge in [-0.3, -0.25) is 24.3 Å². The zero-order valence-corrected chi connectivity index (χ0v) is 13.2. The van der Waals surface area contributed by atoms with E-state index in [4.69, 9.17) is 0 Å². The van der Waals surface area contributed by atoms with Crippen molar-refractivity contribution in [2.45, 2.75) is 25.8 Å². The molecule has 2 heterocycles.